The van der Waals surface area contributed by atoms with E-state index in [0.29, 0.717) is 0 Å². The largest absolute Gasteiger partial charge is 0.115 e. The minimum absolute atomic E-state index is 0.931. The van der Waals surface area contributed by atoms with Gasteiger partial charge in [0, 0.05) is 5.56 Å². The van der Waals surface area contributed by atoms with E-state index in [1.165, 1.54) is 23.1 Å². The van der Waals surface area contributed by atoms with Crippen molar-refractivity contribution < 1.29 is 0 Å². The van der Waals surface area contributed by atoms with Gasteiger partial charge in [0.15, 0.2) is 0 Å². The van der Waals surface area contributed by atoms with Crippen LogP contribution in [0.5, 0.6) is 0 Å². The summed E-state index contributed by atoms with van der Waals surface area (Å²) in [5, 5.41) is 0. The SMILES string of the molecule is C#Cc1cccc(-c2ccc(CCC)cc2)c1. The number of rotatable bonds is 3. The van der Waals surface area contributed by atoms with Crippen molar-refractivity contribution in [2.45, 2.75) is 19.8 Å². The lowest BCUT2D eigenvalue weighted by Gasteiger charge is -2.04. The van der Waals surface area contributed by atoms with Gasteiger partial charge in [0.2, 0.25) is 0 Å². The lowest BCUT2D eigenvalue weighted by molar-refractivity contribution is 0.922. The number of hydrogen-bond donors (Lipinski definition) is 0. The molecule has 0 aliphatic rings. The van der Waals surface area contributed by atoms with Crippen molar-refractivity contribution in [1.82, 2.24) is 0 Å². The summed E-state index contributed by atoms with van der Waals surface area (Å²) < 4.78 is 0. The van der Waals surface area contributed by atoms with Crippen LogP contribution in [0, 0.1) is 12.3 Å². The topological polar surface area (TPSA) is 0 Å². The maximum Gasteiger partial charge on any atom is 0.0248 e. The molecule has 0 radical (unpaired) electrons. The van der Waals surface area contributed by atoms with Crippen LogP contribution < -0.4 is 0 Å². The van der Waals surface area contributed by atoms with Crippen LogP contribution in [-0.4, -0.2) is 0 Å². The Morgan fingerprint density at radius 2 is 1.76 bits per heavy atom. The molecule has 0 amide bonds. The fraction of sp³-hybridized carbons (Fsp3) is 0.176. The summed E-state index contributed by atoms with van der Waals surface area (Å²) in [6, 6.07) is 16.8. The van der Waals surface area contributed by atoms with Crippen molar-refractivity contribution in [2.75, 3.05) is 0 Å². The first-order valence-corrected chi connectivity index (χ1v) is 5.99. The van der Waals surface area contributed by atoms with Crippen molar-refractivity contribution in [1.29, 1.82) is 0 Å². The molecule has 2 aromatic carbocycles. The minimum Gasteiger partial charge on any atom is -0.115 e. The van der Waals surface area contributed by atoms with E-state index in [0.717, 1.165) is 12.0 Å². The molecule has 0 saturated heterocycles. The highest BCUT2D eigenvalue weighted by atomic mass is 14.0. The van der Waals surface area contributed by atoms with Crippen LogP contribution >= 0.6 is 0 Å². The van der Waals surface area contributed by atoms with E-state index >= 15 is 0 Å². The van der Waals surface area contributed by atoms with Gasteiger partial charge in [-0.3, -0.25) is 0 Å². The van der Waals surface area contributed by atoms with Crippen LogP contribution in [0.3, 0.4) is 0 Å². The summed E-state index contributed by atoms with van der Waals surface area (Å²) in [6.45, 7) is 2.20. The highest BCUT2D eigenvalue weighted by Gasteiger charge is 1.98. The molecule has 84 valence electrons. The first kappa shape index (κ1) is 11.5. The van der Waals surface area contributed by atoms with Gasteiger partial charge in [-0.05, 0) is 35.2 Å². The van der Waals surface area contributed by atoms with E-state index in [9.17, 15) is 0 Å². The first-order chi connectivity index (χ1) is 8.33. The average Bonchev–Trinajstić information content (AvgIpc) is 2.40. The van der Waals surface area contributed by atoms with Crippen LogP contribution in [-0.2, 0) is 6.42 Å². The van der Waals surface area contributed by atoms with Crippen molar-refractivity contribution in [3.8, 4) is 23.5 Å². The quantitative estimate of drug-likeness (QED) is 0.677. The Hall–Kier alpha value is -2.00. The molecule has 2 rings (SSSR count). The Kier molecular flexibility index (Phi) is 3.62. The lowest BCUT2D eigenvalue weighted by Crippen LogP contribution is -1.84. The van der Waals surface area contributed by atoms with Crippen molar-refractivity contribution in [3.63, 3.8) is 0 Å². The summed E-state index contributed by atoms with van der Waals surface area (Å²) in [4.78, 5) is 0. The van der Waals surface area contributed by atoms with Crippen molar-refractivity contribution in [2.24, 2.45) is 0 Å². The molecule has 17 heavy (non-hydrogen) atoms. The van der Waals surface area contributed by atoms with Crippen LogP contribution in [0.25, 0.3) is 11.1 Å². The second-order valence-electron chi connectivity index (χ2n) is 4.17. The van der Waals surface area contributed by atoms with E-state index in [1.807, 2.05) is 12.1 Å². The van der Waals surface area contributed by atoms with Gasteiger partial charge in [-0.15, -0.1) is 6.42 Å². The Labute approximate surface area is 103 Å². The third-order valence-corrected chi connectivity index (χ3v) is 2.86. The maximum atomic E-state index is 5.41. The number of benzene rings is 2. The van der Waals surface area contributed by atoms with Gasteiger partial charge < -0.3 is 0 Å². The molecular weight excluding hydrogens is 204 g/mol. The second kappa shape index (κ2) is 5.37. The molecule has 0 unspecified atom stereocenters. The van der Waals surface area contributed by atoms with E-state index in [4.69, 9.17) is 6.42 Å². The van der Waals surface area contributed by atoms with Crippen LogP contribution in [0.4, 0.5) is 0 Å². The molecule has 0 fully saturated rings. The predicted octanol–water partition coefficient (Wildman–Crippen LogP) is 4.29. The van der Waals surface area contributed by atoms with Crippen molar-refractivity contribution in [3.05, 3.63) is 59.7 Å². The molecule has 0 bridgehead atoms. The molecule has 0 heteroatoms. The Balaban J connectivity index is 2.30. The second-order valence-corrected chi connectivity index (χ2v) is 4.17. The van der Waals surface area contributed by atoms with Gasteiger partial charge in [0.1, 0.15) is 0 Å². The van der Waals surface area contributed by atoms with E-state index in [-0.39, 0.29) is 0 Å². The Bertz CT molecular complexity index is 527. The summed E-state index contributed by atoms with van der Waals surface area (Å²) in [5.74, 6) is 2.67. The van der Waals surface area contributed by atoms with Gasteiger partial charge in [-0.25, -0.2) is 0 Å². The van der Waals surface area contributed by atoms with Gasteiger partial charge >= 0.3 is 0 Å². The highest BCUT2D eigenvalue weighted by Crippen LogP contribution is 2.21. The van der Waals surface area contributed by atoms with E-state index < -0.39 is 0 Å². The summed E-state index contributed by atoms with van der Waals surface area (Å²) in [6.07, 6.45) is 7.74. The van der Waals surface area contributed by atoms with E-state index in [2.05, 4.69) is 49.2 Å². The fourth-order valence-corrected chi connectivity index (χ4v) is 1.94. The first-order valence-electron chi connectivity index (χ1n) is 5.99. The van der Waals surface area contributed by atoms with Gasteiger partial charge in [0.25, 0.3) is 0 Å². The van der Waals surface area contributed by atoms with Crippen molar-refractivity contribution >= 4 is 0 Å². The zero-order valence-corrected chi connectivity index (χ0v) is 10.1. The third-order valence-electron chi connectivity index (χ3n) is 2.86. The maximum absolute atomic E-state index is 5.41. The highest BCUT2D eigenvalue weighted by molar-refractivity contribution is 5.65. The number of aryl methyl sites for hydroxylation is 1. The normalized spacial score (nSPS) is 9.88. The fourth-order valence-electron chi connectivity index (χ4n) is 1.94. The van der Waals surface area contributed by atoms with Gasteiger partial charge in [-0.2, -0.15) is 0 Å². The standard InChI is InChI=1S/C17H16/c1-3-6-15-9-11-16(12-10-15)17-8-5-7-14(4-2)13-17/h2,5,7-13H,3,6H2,1H3. The Morgan fingerprint density at radius 3 is 2.41 bits per heavy atom. The molecule has 0 aliphatic heterocycles. The van der Waals surface area contributed by atoms with Crippen LogP contribution in [0.15, 0.2) is 48.5 Å². The Morgan fingerprint density at radius 1 is 1.00 bits per heavy atom. The van der Waals surface area contributed by atoms with Crippen LogP contribution in [0.1, 0.15) is 24.5 Å². The molecule has 0 saturated carbocycles. The molecule has 0 atom stereocenters. The predicted molar refractivity (Wildman–Crippen MR) is 73.8 cm³/mol. The minimum atomic E-state index is 0.931. The molecule has 0 spiro atoms. The molecule has 0 nitrogen and oxygen atoms in total. The summed E-state index contributed by atoms with van der Waals surface area (Å²) >= 11 is 0. The molecule has 0 N–H and O–H groups in total. The number of terminal acetylenes is 1. The van der Waals surface area contributed by atoms with Crippen LogP contribution in [0.2, 0.25) is 0 Å². The molecule has 0 aliphatic carbocycles. The number of hydrogen-bond acceptors (Lipinski definition) is 0. The van der Waals surface area contributed by atoms with E-state index in [1.54, 1.807) is 0 Å². The third kappa shape index (κ3) is 2.77. The zero-order chi connectivity index (χ0) is 12.1. The monoisotopic (exact) mass is 220 g/mol. The summed E-state index contributed by atoms with van der Waals surface area (Å²) in [5.41, 5.74) is 4.73. The zero-order valence-electron chi connectivity index (χ0n) is 10.1. The summed E-state index contributed by atoms with van der Waals surface area (Å²) in [7, 11) is 0. The molecule has 2 aromatic rings. The molecular formula is C17H16. The molecule has 0 aromatic heterocycles. The lowest BCUT2D eigenvalue weighted by atomic mass is 10.0. The average molecular weight is 220 g/mol. The smallest absolute Gasteiger partial charge is 0.0248 e. The van der Waals surface area contributed by atoms with Gasteiger partial charge in [-0.1, -0.05) is 55.7 Å². The molecule has 0 heterocycles. The van der Waals surface area contributed by atoms with Gasteiger partial charge in [0.05, 0.1) is 0 Å².